The fourth-order valence-electron chi connectivity index (χ4n) is 3.36. The van der Waals surface area contributed by atoms with Crippen molar-refractivity contribution in [1.29, 1.82) is 0 Å². The average Bonchev–Trinajstić information content (AvgIpc) is 2.66. The van der Waals surface area contributed by atoms with E-state index in [2.05, 4.69) is 19.1 Å². The number of allylic oxidation sites excluding steroid dienone is 2. The Labute approximate surface area is 167 Å². The molecule has 3 N–H and O–H groups in total. The Balaban J connectivity index is 3.49. The van der Waals surface area contributed by atoms with Crippen molar-refractivity contribution in [3.8, 4) is 0 Å². The van der Waals surface area contributed by atoms with Gasteiger partial charge in [0.25, 0.3) is 0 Å². The summed E-state index contributed by atoms with van der Waals surface area (Å²) in [7, 11) is 0. The van der Waals surface area contributed by atoms with E-state index in [0.717, 1.165) is 25.7 Å². The molecule has 160 valence electrons. The summed E-state index contributed by atoms with van der Waals surface area (Å²) >= 11 is 0. The molecule has 4 heteroatoms. The molecular formula is C23H44O4. The summed E-state index contributed by atoms with van der Waals surface area (Å²) in [6.45, 7) is 2.90. The largest absolute Gasteiger partial charge is 0.393 e. The minimum atomic E-state index is -1.69. The Hall–Kier alpha value is -0.710. The molecule has 0 saturated carbocycles. The van der Waals surface area contributed by atoms with Crippen LogP contribution in [0.5, 0.6) is 0 Å². The van der Waals surface area contributed by atoms with Crippen LogP contribution in [-0.2, 0) is 4.79 Å². The van der Waals surface area contributed by atoms with Crippen molar-refractivity contribution in [2.24, 2.45) is 0 Å². The molecule has 0 bridgehead atoms. The highest BCUT2D eigenvalue weighted by Crippen LogP contribution is 2.21. The number of rotatable bonds is 19. The van der Waals surface area contributed by atoms with Crippen molar-refractivity contribution in [3.05, 3.63) is 12.2 Å². The highest BCUT2D eigenvalue weighted by molar-refractivity contribution is 5.81. The van der Waals surface area contributed by atoms with Gasteiger partial charge < -0.3 is 15.3 Å². The average molecular weight is 385 g/mol. The van der Waals surface area contributed by atoms with E-state index in [1.807, 2.05) is 0 Å². The molecular weight excluding hydrogens is 340 g/mol. The number of hydrogen-bond donors (Lipinski definition) is 3. The summed E-state index contributed by atoms with van der Waals surface area (Å²) in [5.74, 6) is -0.504. The number of unbranched alkanes of at least 4 members (excludes halogenated alkanes) is 12. The monoisotopic (exact) mass is 384 g/mol. The lowest BCUT2D eigenvalue weighted by Gasteiger charge is -2.29. The molecule has 0 aliphatic carbocycles. The Bertz CT molecular complexity index is 381. The van der Waals surface area contributed by atoms with Gasteiger partial charge in [0.15, 0.2) is 5.78 Å². The van der Waals surface area contributed by atoms with Crippen LogP contribution in [0.25, 0.3) is 0 Å². The minimum Gasteiger partial charge on any atom is -0.393 e. The van der Waals surface area contributed by atoms with Crippen molar-refractivity contribution in [2.45, 2.75) is 122 Å². The van der Waals surface area contributed by atoms with E-state index < -0.39 is 24.1 Å². The lowest BCUT2D eigenvalue weighted by Crippen LogP contribution is -2.49. The van der Waals surface area contributed by atoms with Crippen LogP contribution in [0.2, 0.25) is 0 Å². The number of carbonyl (C=O) groups is 1. The highest BCUT2D eigenvalue weighted by Gasteiger charge is 2.37. The molecule has 0 rings (SSSR count). The SMILES string of the molecule is CCCCCCCC/C=C\CCCCCCCCC(O)(CO)C(O)C(C)=O. The second-order valence-corrected chi connectivity index (χ2v) is 7.96. The third-order valence-corrected chi connectivity index (χ3v) is 5.29. The van der Waals surface area contributed by atoms with Crippen LogP contribution >= 0.6 is 0 Å². The van der Waals surface area contributed by atoms with Crippen LogP contribution in [0.4, 0.5) is 0 Å². The summed E-state index contributed by atoms with van der Waals surface area (Å²) in [6, 6.07) is 0. The standard InChI is InChI=1S/C23H44O4/c1-3-4-5-6-7-8-9-10-11-12-13-14-15-16-17-18-19-23(27,20-24)22(26)21(2)25/h10-11,22,24,26-27H,3-9,12-20H2,1-2H3/b11-10-. The fraction of sp³-hybridized carbons (Fsp3) is 0.870. The summed E-state index contributed by atoms with van der Waals surface area (Å²) in [4.78, 5) is 11.2. The molecule has 0 fully saturated rings. The minimum absolute atomic E-state index is 0.255. The topological polar surface area (TPSA) is 77.8 Å². The summed E-state index contributed by atoms with van der Waals surface area (Å²) < 4.78 is 0. The van der Waals surface area contributed by atoms with Gasteiger partial charge in [0.1, 0.15) is 11.7 Å². The van der Waals surface area contributed by atoms with Gasteiger partial charge >= 0.3 is 0 Å². The fourth-order valence-corrected chi connectivity index (χ4v) is 3.36. The molecule has 0 aromatic heterocycles. The van der Waals surface area contributed by atoms with Gasteiger partial charge in [-0.2, -0.15) is 0 Å². The molecule has 0 aliphatic heterocycles. The van der Waals surface area contributed by atoms with Crippen molar-refractivity contribution < 1.29 is 20.1 Å². The number of hydrogen-bond acceptors (Lipinski definition) is 4. The molecule has 27 heavy (non-hydrogen) atoms. The van der Waals surface area contributed by atoms with Gasteiger partial charge in [0, 0.05) is 0 Å². The Morgan fingerprint density at radius 1 is 0.852 bits per heavy atom. The number of carbonyl (C=O) groups excluding carboxylic acids is 1. The van der Waals surface area contributed by atoms with Gasteiger partial charge in [-0.15, -0.1) is 0 Å². The van der Waals surface area contributed by atoms with E-state index in [1.54, 1.807) is 0 Å². The summed E-state index contributed by atoms with van der Waals surface area (Å²) in [5, 5.41) is 29.1. The lowest BCUT2D eigenvalue weighted by molar-refractivity contribution is -0.149. The van der Waals surface area contributed by atoms with E-state index in [0.29, 0.717) is 6.42 Å². The first kappa shape index (κ1) is 26.3. The maximum Gasteiger partial charge on any atom is 0.161 e. The zero-order chi connectivity index (χ0) is 20.4. The Kier molecular flexibility index (Phi) is 16.9. The van der Waals surface area contributed by atoms with Crippen molar-refractivity contribution >= 4 is 5.78 Å². The van der Waals surface area contributed by atoms with E-state index in [4.69, 9.17) is 0 Å². The number of aliphatic hydroxyl groups excluding tert-OH is 2. The molecule has 0 aromatic rings. The van der Waals surface area contributed by atoms with E-state index in [-0.39, 0.29) is 6.42 Å². The molecule has 0 saturated heterocycles. The first-order valence-electron chi connectivity index (χ1n) is 11.1. The zero-order valence-electron chi connectivity index (χ0n) is 17.8. The molecule has 0 aliphatic rings. The maximum absolute atomic E-state index is 11.2. The van der Waals surface area contributed by atoms with Crippen LogP contribution < -0.4 is 0 Å². The van der Waals surface area contributed by atoms with Crippen LogP contribution in [-0.4, -0.2) is 39.4 Å². The summed E-state index contributed by atoms with van der Waals surface area (Å²) in [5.41, 5.74) is -1.69. The Morgan fingerprint density at radius 3 is 1.74 bits per heavy atom. The quantitative estimate of drug-likeness (QED) is 0.214. The predicted octanol–water partition coefficient (Wildman–Crippen LogP) is 5.09. The van der Waals surface area contributed by atoms with Crippen molar-refractivity contribution in [3.63, 3.8) is 0 Å². The first-order valence-corrected chi connectivity index (χ1v) is 11.1. The van der Waals surface area contributed by atoms with E-state index in [9.17, 15) is 20.1 Å². The van der Waals surface area contributed by atoms with Crippen LogP contribution in [0, 0.1) is 0 Å². The summed E-state index contributed by atoms with van der Waals surface area (Å²) in [6.07, 6.45) is 20.2. The highest BCUT2D eigenvalue weighted by atomic mass is 16.4. The molecule has 0 radical (unpaired) electrons. The van der Waals surface area contributed by atoms with Crippen LogP contribution in [0.15, 0.2) is 12.2 Å². The number of aliphatic hydroxyl groups is 3. The molecule has 2 unspecified atom stereocenters. The molecule has 0 amide bonds. The number of ketones is 1. The van der Waals surface area contributed by atoms with Gasteiger partial charge in [-0.25, -0.2) is 0 Å². The van der Waals surface area contributed by atoms with Gasteiger partial charge in [-0.05, 0) is 39.0 Å². The third kappa shape index (κ3) is 14.0. The maximum atomic E-state index is 11.2. The third-order valence-electron chi connectivity index (χ3n) is 5.29. The van der Waals surface area contributed by atoms with Gasteiger partial charge in [-0.1, -0.05) is 83.3 Å². The normalized spacial score (nSPS) is 15.1. The van der Waals surface area contributed by atoms with E-state index >= 15 is 0 Å². The Morgan fingerprint density at radius 2 is 1.30 bits per heavy atom. The molecule has 2 atom stereocenters. The van der Waals surface area contributed by atoms with Crippen molar-refractivity contribution in [2.75, 3.05) is 6.61 Å². The lowest BCUT2D eigenvalue weighted by atomic mass is 9.89. The predicted molar refractivity (Wildman–Crippen MR) is 113 cm³/mol. The van der Waals surface area contributed by atoms with Crippen LogP contribution in [0.1, 0.15) is 110 Å². The second kappa shape index (κ2) is 17.4. The van der Waals surface area contributed by atoms with E-state index in [1.165, 1.54) is 64.7 Å². The molecule has 0 spiro atoms. The molecule has 0 heterocycles. The molecule has 4 nitrogen and oxygen atoms in total. The van der Waals surface area contributed by atoms with Gasteiger partial charge in [-0.3, -0.25) is 4.79 Å². The molecule has 0 aromatic carbocycles. The van der Waals surface area contributed by atoms with Crippen molar-refractivity contribution in [1.82, 2.24) is 0 Å². The second-order valence-electron chi connectivity index (χ2n) is 7.96. The van der Waals surface area contributed by atoms with Gasteiger partial charge in [0.2, 0.25) is 0 Å². The smallest absolute Gasteiger partial charge is 0.161 e. The number of Topliss-reactive ketones (excluding diaryl/α,β-unsaturated/α-hetero) is 1. The van der Waals surface area contributed by atoms with Gasteiger partial charge in [0.05, 0.1) is 6.61 Å². The first-order chi connectivity index (χ1) is 13.0. The van der Waals surface area contributed by atoms with Crippen LogP contribution in [0.3, 0.4) is 0 Å². The zero-order valence-corrected chi connectivity index (χ0v) is 17.8.